The van der Waals surface area contributed by atoms with Gasteiger partial charge in [-0.2, -0.15) is 0 Å². The topological polar surface area (TPSA) is 110 Å². The van der Waals surface area contributed by atoms with Crippen LogP contribution in [0.2, 0.25) is 0 Å². The van der Waals surface area contributed by atoms with Crippen LogP contribution in [-0.2, 0) is 4.79 Å². The Morgan fingerprint density at radius 3 is 2.45 bits per heavy atom. The van der Waals surface area contributed by atoms with Crippen LogP contribution in [0, 0.1) is 17.0 Å². The van der Waals surface area contributed by atoms with Crippen molar-refractivity contribution in [2.75, 3.05) is 0 Å². The maximum absolute atomic E-state index is 12.4. The summed E-state index contributed by atoms with van der Waals surface area (Å²) >= 11 is 0. The highest BCUT2D eigenvalue weighted by atomic mass is 16.6. The van der Waals surface area contributed by atoms with Crippen molar-refractivity contribution in [3.05, 3.63) is 39.4 Å². The van der Waals surface area contributed by atoms with E-state index in [-0.39, 0.29) is 16.8 Å². The van der Waals surface area contributed by atoms with Gasteiger partial charge in [0.25, 0.3) is 11.6 Å². The van der Waals surface area contributed by atoms with Crippen molar-refractivity contribution in [2.24, 2.45) is 0 Å². The number of amides is 1. The lowest BCUT2D eigenvalue weighted by atomic mass is 9.81. The zero-order chi connectivity index (χ0) is 16.3. The molecule has 0 bridgehead atoms. The second kappa shape index (κ2) is 6.13. The number of carbonyl (C=O) groups is 2. The van der Waals surface area contributed by atoms with Gasteiger partial charge in [0.2, 0.25) is 0 Å². The molecular formula is C15H18N2O5. The fourth-order valence-corrected chi connectivity index (χ4v) is 2.90. The molecule has 118 valence electrons. The van der Waals surface area contributed by atoms with Crippen molar-refractivity contribution in [3.63, 3.8) is 0 Å². The minimum absolute atomic E-state index is 0.139. The number of nitrogens with zero attached hydrogens (tertiary/aromatic N) is 1. The number of nitro groups is 1. The van der Waals surface area contributed by atoms with Crippen LogP contribution in [0.25, 0.3) is 0 Å². The fourth-order valence-electron chi connectivity index (χ4n) is 2.90. The molecule has 1 saturated carbocycles. The molecule has 1 aromatic rings. The molecule has 0 unspecified atom stereocenters. The highest BCUT2D eigenvalue weighted by molar-refractivity contribution is 5.99. The predicted octanol–water partition coefficient (Wildman–Crippen LogP) is 2.42. The first kappa shape index (κ1) is 15.9. The van der Waals surface area contributed by atoms with Crippen molar-refractivity contribution < 1.29 is 19.6 Å². The summed E-state index contributed by atoms with van der Waals surface area (Å²) in [6.45, 7) is 1.49. The molecule has 1 fully saturated rings. The number of benzene rings is 1. The van der Waals surface area contributed by atoms with E-state index in [0.717, 1.165) is 19.3 Å². The maximum atomic E-state index is 12.4. The highest BCUT2D eigenvalue weighted by Gasteiger charge is 2.41. The Kier molecular flexibility index (Phi) is 4.44. The number of nitrogens with one attached hydrogen (secondary N) is 1. The molecule has 0 heterocycles. The number of aliphatic carboxylic acids is 1. The first-order valence-corrected chi connectivity index (χ1v) is 7.17. The van der Waals surface area contributed by atoms with Crippen LogP contribution >= 0.6 is 0 Å². The van der Waals surface area contributed by atoms with Crippen LogP contribution in [0.3, 0.4) is 0 Å². The van der Waals surface area contributed by atoms with Gasteiger partial charge in [-0.25, -0.2) is 4.79 Å². The van der Waals surface area contributed by atoms with Crippen molar-refractivity contribution in [1.29, 1.82) is 0 Å². The van der Waals surface area contributed by atoms with Crippen LogP contribution in [0.1, 0.15) is 48.0 Å². The third kappa shape index (κ3) is 2.93. The summed E-state index contributed by atoms with van der Waals surface area (Å²) in [6, 6.07) is 4.21. The average Bonchev–Trinajstić information content (AvgIpc) is 2.47. The van der Waals surface area contributed by atoms with E-state index in [1.807, 2.05) is 0 Å². The van der Waals surface area contributed by atoms with Gasteiger partial charge in [-0.1, -0.05) is 25.3 Å². The van der Waals surface area contributed by atoms with Crippen LogP contribution < -0.4 is 5.32 Å². The van der Waals surface area contributed by atoms with Gasteiger partial charge in [0.1, 0.15) is 5.54 Å². The molecule has 1 aromatic carbocycles. The van der Waals surface area contributed by atoms with Crippen LogP contribution in [-0.4, -0.2) is 27.4 Å². The van der Waals surface area contributed by atoms with E-state index in [9.17, 15) is 24.8 Å². The predicted molar refractivity (Wildman–Crippen MR) is 78.8 cm³/mol. The summed E-state index contributed by atoms with van der Waals surface area (Å²) in [6.07, 6.45) is 3.17. The van der Waals surface area contributed by atoms with Gasteiger partial charge in [0, 0.05) is 17.2 Å². The smallest absolute Gasteiger partial charge is 0.329 e. The van der Waals surface area contributed by atoms with E-state index in [4.69, 9.17) is 0 Å². The lowest BCUT2D eigenvalue weighted by molar-refractivity contribution is -0.385. The lowest BCUT2D eigenvalue weighted by Crippen LogP contribution is -2.55. The molecule has 1 aliphatic rings. The summed E-state index contributed by atoms with van der Waals surface area (Å²) in [5, 5.41) is 23.0. The van der Waals surface area contributed by atoms with Gasteiger partial charge in [-0.05, 0) is 25.8 Å². The third-order valence-electron chi connectivity index (χ3n) is 4.22. The number of carboxylic acids is 1. The molecule has 1 amide bonds. The summed E-state index contributed by atoms with van der Waals surface area (Å²) < 4.78 is 0. The number of rotatable bonds is 4. The summed E-state index contributed by atoms with van der Waals surface area (Å²) in [5.74, 6) is -1.63. The summed E-state index contributed by atoms with van der Waals surface area (Å²) in [4.78, 5) is 34.4. The average molecular weight is 306 g/mol. The van der Waals surface area contributed by atoms with E-state index in [1.165, 1.54) is 25.1 Å². The van der Waals surface area contributed by atoms with Crippen molar-refractivity contribution in [1.82, 2.24) is 5.32 Å². The van der Waals surface area contributed by atoms with Crippen LogP contribution in [0.5, 0.6) is 0 Å². The zero-order valence-electron chi connectivity index (χ0n) is 12.3. The van der Waals surface area contributed by atoms with E-state index in [2.05, 4.69) is 5.32 Å². The van der Waals surface area contributed by atoms with E-state index >= 15 is 0 Å². The van der Waals surface area contributed by atoms with Gasteiger partial charge in [0.05, 0.1) is 4.92 Å². The van der Waals surface area contributed by atoms with Gasteiger partial charge < -0.3 is 10.4 Å². The number of hydrogen-bond acceptors (Lipinski definition) is 4. The second-order valence-electron chi connectivity index (χ2n) is 5.61. The first-order valence-electron chi connectivity index (χ1n) is 7.17. The Hall–Kier alpha value is -2.44. The molecule has 1 aliphatic carbocycles. The Bertz CT molecular complexity index is 620. The van der Waals surface area contributed by atoms with Gasteiger partial charge in [-0.15, -0.1) is 0 Å². The number of carbonyl (C=O) groups excluding carboxylic acids is 1. The summed E-state index contributed by atoms with van der Waals surface area (Å²) in [5.41, 5.74) is -1.05. The Morgan fingerprint density at radius 2 is 1.91 bits per heavy atom. The minimum Gasteiger partial charge on any atom is -0.480 e. The number of nitro benzene ring substituents is 1. The van der Waals surface area contributed by atoms with Crippen LogP contribution in [0.4, 0.5) is 5.69 Å². The van der Waals surface area contributed by atoms with E-state index in [0.29, 0.717) is 12.8 Å². The molecule has 0 atom stereocenters. The monoisotopic (exact) mass is 306 g/mol. The van der Waals surface area contributed by atoms with Gasteiger partial charge in [0.15, 0.2) is 0 Å². The molecule has 0 spiro atoms. The highest BCUT2D eigenvalue weighted by Crippen LogP contribution is 2.29. The molecule has 22 heavy (non-hydrogen) atoms. The number of hydrogen-bond donors (Lipinski definition) is 2. The Labute approximate surface area is 127 Å². The SMILES string of the molecule is Cc1c(C(=O)NC2(C(=O)O)CCCCC2)cccc1[N+](=O)[O-]. The van der Waals surface area contributed by atoms with Crippen molar-refractivity contribution >= 4 is 17.6 Å². The summed E-state index contributed by atoms with van der Waals surface area (Å²) in [7, 11) is 0. The lowest BCUT2D eigenvalue weighted by Gasteiger charge is -2.34. The molecule has 0 aromatic heterocycles. The Balaban J connectivity index is 2.30. The molecule has 7 heteroatoms. The largest absolute Gasteiger partial charge is 0.480 e. The second-order valence-corrected chi connectivity index (χ2v) is 5.61. The van der Waals surface area contributed by atoms with E-state index < -0.39 is 22.3 Å². The number of carboxylic acid groups (broad SMARTS) is 1. The normalized spacial score (nSPS) is 16.8. The quantitative estimate of drug-likeness (QED) is 0.655. The van der Waals surface area contributed by atoms with Crippen molar-refractivity contribution in [2.45, 2.75) is 44.6 Å². The minimum atomic E-state index is -1.27. The molecule has 2 N–H and O–H groups in total. The molecule has 0 aliphatic heterocycles. The van der Waals surface area contributed by atoms with E-state index in [1.54, 1.807) is 0 Å². The molecule has 0 saturated heterocycles. The molecular weight excluding hydrogens is 288 g/mol. The van der Waals surface area contributed by atoms with Crippen LogP contribution in [0.15, 0.2) is 18.2 Å². The fraction of sp³-hybridized carbons (Fsp3) is 0.467. The Morgan fingerprint density at radius 1 is 1.27 bits per heavy atom. The van der Waals surface area contributed by atoms with Gasteiger partial charge in [-0.3, -0.25) is 14.9 Å². The molecule has 2 rings (SSSR count). The van der Waals surface area contributed by atoms with Crippen molar-refractivity contribution in [3.8, 4) is 0 Å². The molecule has 7 nitrogen and oxygen atoms in total. The molecule has 0 radical (unpaired) electrons. The zero-order valence-corrected chi connectivity index (χ0v) is 12.3. The van der Waals surface area contributed by atoms with Gasteiger partial charge >= 0.3 is 5.97 Å². The third-order valence-corrected chi connectivity index (χ3v) is 4.22. The first-order chi connectivity index (χ1) is 10.4. The maximum Gasteiger partial charge on any atom is 0.329 e. The standard InChI is InChI=1S/C15H18N2O5/c1-10-11(6-5-7-12(10)17(21)22)13(18)16-15(14(19)20)8-3-2-4-9-15/h5-7H,2-4,8-9H2,1H3,(H,16,18)(H,19,20).